The van der Waals surface area contributed by atoms with Crippen LogP contribution in [0.5, 0.6) is 0 Å². The number of ether oxygens (including phenoxy) is 2. The molecule has 3 rings (SSSR count). The van der Waals surface area contributed by atoms with Crippen molar-refractivity contribution >= 4 is 22.6 Å². The first-order valence-corrected chi connectivity index (χ1v) is 12.5. The molecule has 1 aromatic heterocycles. The molecule has 0 fully saturated rings. The molecule has 0 radical (unpaired) electrons. The van der Waals surface area contributed by atoms with Gasteiger partial charge in [-0.05, 0) is 50.2 Å². The molecule has 0 saturated carbocycles. The summed E-state index contributed by atoms with van der Waals surface area (Å²) in [6, 6.07) is 14.7. The number of rotatable bonds is 10. The highest BCUT2D eigenvalue weighted by atomic mass is 32.2. The van der Waals surface area contributed by atoms with E-state index in [2.05, 4.69) is 15.3 Å². The third-order valence-corrected chi connectivity index (χ3v) is 7.15. The van der Waals surface area contributed by atoms with E-state index in [1.165, 1.54) is 0 Å². The number of hydrogen-bond acceptors (Lipinski definition) is 8. The van der Waals surface area contributed by atoms with E-state index in [1.807, 2.05) is 50.4 Å². The molecule has 9 nitrogen and oxygen atoms in total. The zero-order chi connectivity index (χ0) is 25.4. The van der Waals surface area contributed by atoms with Gasteiger partial charge in [0.05, 0.1) is 28.4 Å². The zero-order valence-corrected chi connectivity index (χ0v) is 21.7. The second-order valence-corrected chi connectivity index (χ2v) is 9.96. The molecule has 0 aliphatic heterocycles. The van der Waals surface area contributed by atoms with Crippen LogP contribution in [0.1, 0.15) is 38.7 Å². The smallest absolute Gasteiger partial charge is 0.241 e. The lowest BCUT2D eigenvalue weighted by molar-refractivity contribution is 0.195. The molecule has 36 heavy (non-hydrogen) atoms. The first kappa shape index (κ1) is 28.9. The van der Waals surface area contributed by atoms with Gasteiger partial charge in [0, 0.05) is 44.4 Å². The zero-order valence-electron chi connectivity index (χ0n) is 20.9. The third kappa shape index (κ3) is 7.34. The molecule has 0 amide bonds. The molecule has 0 aliphatic carbocycles. The summed E-state index contributed by atoms with van der Waals surface area (Å²) in [6.45, 7) is 4.99. The molecule has 2 unspecified atom stereocenters. The molecule has 0 saturated heterocycles. The Bertz CT molecular complexity index is 1210. The lowest BCUT2D eigenvalue weighted by Crippen LogP contribution is -2.16. The van der Waals surface area contributed by atoms with Crippen molar-refractivity contribution < 1.29 is 22.0 Å². The Balaban J connectivity index is 0.00000456. The van der Waals surface area contributed by atoms with Gasteiger partial charge < -0.3 is 20.3 Å². The summed E-state index contributed by atoms with van der Waals surface area (Å²) in [4.78, 5) is 9.68. The fourth-order valence-corrected chi connectivity index (χ4v) is 4.55. The van der Waals surface area contributed by atoms with Crippen LogP contribution in [0, 0.1) is 17.7 Å². The molecule has 196 valence electrons. The van der Waals surface area contributed by atoms with Gasteiger partial charge in [-0.25, -0.2) is 4.98 Å². The largest absolute Gasteiger partial charge is 0.419 e. The van der Waals surface area contributed by atoms with Crippen molar-refractivity contribution in [2.75, 3.05) is 20.8 Å². The van der Waals surface area contributed by atoms with Gasteiger partial charge in [0.2, 0.25) is 11.8 Å². The predicted molar refractivity (Wildman–Crippen MR) is 146 cm³/mol. The monoisotopic (exact) mass is 515 g/mol. The SMILES string of the molecule is CNCc1ccc(C(=N)OC(=N)c2nc(-c3ccc(S(=O)C(C)CCOC)cc3)cnc2C)cc1.O.[HH].[HH]. The van der Waals surface area contributed by atoms with Crippen LogP contribution < -0.4 is 5.32 Å². The number of aryl methyl sites for hydroxylation is 1. The highest BCUT2D eigenvalue weighted by Crippen LogP contribution is 2.22. The maximum Gasteiger partial charge on any atom is 0.241 e. The summed E-state index contributed by atoms with van der Waals surface area (Å²) in [5.41, 5.74) is 3.80. The van der Waals surface area contributed by atoms with E-state index in [0.717, 1.165) is 29.0 Å². The quantitative estimate of drug-likeness (QED) is 0.276. The van der Waals surface area contributed by atoms with Crippen LogP contribution in [0.2, 0.25) is 0 Å². The normalized spacial score (nSPS) is 12.3. The number of nitrogens with zero attached hydrogens (tertiary/aromatic N) is 2. The van der Waals surface area contributed by atoms with E-state index in [1.54, 1.807) is 32.4 Å². The van der Waals surface area contributed by atoms with Crippen molar-refractivity contribution in [3.63, 3.8) is 0 Å². The van der Waals surface area contributed by atoms with Gasteiger partial charge in [-0.3, -0.25) is 20.0 Å². The van der Waals surface area contributed by atoms with E-state index in [0.29, 0.717) is 23.6 Å². The number of nitrogens with one attached hydrogen (secondary N) is 3. The Morgan fingerprint density at radius 1 is 1.11 bits per heavy atom. The van der Waals surface area contributed by atoms with Gasteiger partial charge in [0.15, 0.2) is 0 Å². The van der Waals surface area contributed by atoms with Crippen molar-refractivity contribution in [3.8, 4) is 11.3 Å². The lowest BCUT2D eigenvalue weighted by atomic mass is 10.1. The molecule has 2 atom stereocenters. The standard InChI is InChI=1S/C26H31N5O3S.H2O.2H2/c1-17(13-14-33-4)35(32)22-11-9-20(10-12-22)23-16-30-18(2)24(31-23)26(28)34-25(27)21-7-5-19(6-8-21)15-29-3;;;/h5-12,16-17,27-29H,13-15H2,1-4H3;1H2;2*1H. The molecule has 1 heterocycles. The topological polar surface area (TPSA) is 153 Å². The average molecular weight is 516 g/mol. The van der Waals surface area contributed by atoms with Crippen molar-refractivity contribution in [1.29, 1.82) is 10.8 Å². The summed E-state index contributed by atoms with van der Waals surface area (Å²) in [5.74, 6) is -0.377. The van der Waals surface area contributed by atoms with E-state index in [9.17, 15) is 4.21 Å². The molecule has 0 bridgehead atoms. The van der Waals surface area contributed by atoms with Crippen molar-refractivity contribution in [1.82, 2.24) is 15.3 Å². The molecule has 2 aromatic carbocycles. The van der Waals surface area contributed by atoms with Crippen LogP contribution in [0.25, 0.3) is 11.3 Å². The van der Waals surface area contributed by atoms with Crippen molar-refractivity contribution in [2.45, 2.75) is 37.0 Å². The van der Waals surface area contributed by atoms with Gasteiger partial charge in [0.25, 0.3) is 0 Å². The maximum absolute atomic E-state index is 12.7. The number of aromatic nitrogens is 2. The lowest BCUT2D eigenvalue weighted by Gasteiger charge is -2.12. The summed E-state index contributed by atoms with van der Waals surface area (Å²) in [6.07, 6.45) is 2.35. The van der Waals surface area contributed by atoms with Crippen LogP contribution in [0.3, 0.4) is 0 Å². The summed E-state index contributed by atoms with van der Waals surface area (Å²) >= 11 is 0. The van der Waals surface area contributed by atoms with Crippen LogP contribution in [0.4, 0.5) is 0 Å². The Hall–Kier alpha value is -3.31. The fraction of sp³-hybridized carbons (Fsp3) is 0.308. The molecular formula is C26H37N5O4S. The fourth-order valence-electron chi connectivity index (χ4n) is 3.37. The average Bonchev–Trinajstić information content (AvgIpc) is 2.87. The first-order valence-electron chi connectivity index (χ1n) is 11.3. The minimum absolute atomic E-state index is 0. The van der Waals surface area contributed by atoms with E-state index < -0.39 is 10.8 Å². The van der Waals surface area contributed by atoms with Crippen molar-refractivity contribution in [3.05, 3.63) is 77.2 Å². The van der Waals surface area contributed by atoms with Crippen LogP contribution >= 0.6 is 0 Å². The van der Waals surface area contributed by atoms with Crippen LogP contribution in [0.15, 0.2) is 59.6 Å². The predicted octanol–water partition coefficient (Wildman–Crippen LogP) is 3.74. The minimum atomic E-state index is -1.13. The molecule has 0 spiro atoms. The van der Waals surface area contributed by atoms with Crippen molar-refractivity contribution in [2.24, 2.45) is 0 Å². The number of benzene rings is 2. The molecule has 0 aliphatic rings. The van der Waals surface area contributed by atoms with E-state index in [-0.39, 0.29) is 31.1 Å². The van der Waals surface area contributed by atoms with E-state index >= 15 is 0 Å². The van der Waals surface area contributed by atoms with Gasteiger partial charge >= 0.3 is 0 Å². The molecule has 3 aromatic rings. The second kappa shape index (κ2) is 13.7. The summed E-state index contributed by atoms with van der Waals surface area (Å²) < 4.78 is 23.3. The summed E-state index contributed by atoms with van der Waals surface area (Å²) in [5, 5.41) is 19.7. The van der Waals surface area contributed by atoms with Gasteiger partial charge in [-0.1, -0.05) is 31.2 Å². The molecule has 10 heteroatoms. The number of methoxy groups -OCH3 is 1. The Kier molecular flexibility index (Phi) is 11.0. The van der Waals surface area contributed by atoms with Crippen LogP contribution in [-0.4, -0.2) is 57.5 Å². The molecule has 5 N–H and O–H groups in total. The Labute approximate surface area is 217 Å². The molecular weight excluding hydrogens is 478 g/mol. The van der Waals surface area contributed by atoms with Gasteiger partial charge in [0.1, 0.15) is 5.69 Å². The van der Waals surface area contributed by atoms with Gasteiger partial charge in [-0.2, -0.15) is 0 Å². The Morgan fingerprint density at radius 3 is 2.39 bits per heavy atom. The highest BCUT2D eigenvalue weighted by molar-refractivity contribution is 7.85. The highest BCUT2D eigenvalue weighted by Gasteiger charge is 2.17. The number of hydrogen-bond donors (Lipinski definition) is 3. The minimum Gasteiger partial charge on any atom is -0.419 e. The second-order valence-electron chi connectivity index (χ2n) is 8.09. The third-order valence-electron chi connectivity index (χ3n) is 5.45. The van der Waals surface area contributed by atoms with Crippen LogP contribution in [-0.2, 0) is 26.8 Å². The Morgan fingerprint density at radius 2 is 1.78 bits per heavy atom. The van der Waals surface area contributed by atoms with E-state index in [4.69, 9.17) is 20.3 Å². The summed E-state index contributed by atoms with van der Waals surface area (Å²) in [7, 11) is 2.37. The maximum atomic E-state index is 12.7. The first-order chi connectivity index (χ1) is 16.8. The van der Waals surface area contributed by atoms with Gasteiger partial charge in [-0.15, -0.1) is 0 Å².